The number of aryl methyl sites for hydroxylation is 2. The second-order valence-electron chi connectivity index (χ2n) is 8.33. The number of urea groups is 1. The van der Waals surface area contributed by atoms with Gasteiger partial charge in [0.05, 0.1) is 13.7 Å². The van der Waals surface area contributed by atoms with Crippen molar-refractivity contribution >= 4 is 29.2 Å². The van der Waals surface area contributed by atoms with Gasteiger partial charge in [0.15, 0.2) is 0 Å². The van der Waals surface area contributed by atoms with Crippen molar-refractivity contribution < 1.29 is 19.1 Å². The third-order valence-corrected chi connectivity index (χ3v) is 5.81. The van der Waals surface area contributed by atoms with Crippen LogP contribution in [0, 0.1) is 13.8 Å². The van der Waals surface area contributed by atoms with E-state index in [-0.39, 0.29) is 30.8 Å². The molecule has 1 heterocycles. The van der Waals surface area contributed by atoms with Crippen LogP contribution in [0.2, 0.25) is 0 Å². The van der Waals surface area contributed by atoms with Crippen molar-refractivity contribution in [1.82, 2.24) is 15.1 Å². The fourth-order valence-corrected chi connectivity index (χ4v) is 3.84. The van der Waals surface area contributed by atoms with Gasteiger partial charge in [-0.25, -0.2) is 4.79 Å². The number of hydrogen-bond acceptors (Lipinski definition) is 5. The second kappa shape index (κ2) is 12.0. The van der Waals surface area contributed by atoms with E-state index in [1.807, 2.05) is 36.9 Å². The summed E-state index contributed by atoms with van der Waals surface area (Å²) in [6, 6.07) is 12.6. The van der Waals surface area contributed by atoms with E-state index in [0.29, 0.717) is 44.2 Å². The van der Waals surface area contributed by atoms with Crippen molar-refractivity contribution in [2.75, 3.05) is 57.0 Å². The highest BCUT2D eigenvalue weighted by atomic mass is 16.5. The summed E-state index contributed by atoms with van der Waals surface area (Å²) in [7, 11) is 1.58. The maximum absolute atomic E-state index is 12.5. The van der Waals surface area contributed by atoms with Crippen LogP contribution in [0.1, 0.15) is 17.5 Å². The smallest absolute Gasteiger partial charge is 0.319 e. The molecular weight excluding hydrogens is 434 g/mol. The quantitative estimate of drug-likeness (QED) is 0.554. The first kappa shape index (κ1) is 25.0. The Kier molecular flexibility index (Phi) is 8.86. The van der Waals surface area contributed by atoms with Crippen LogP contribution in [-0.2, 0) is 9.59 Å². The Balaban J connectivity index is 1.34. The van der Waals surface area contributed by atoms with Crippen molar-refractivity contribution in [1.29, 1.82) is 0 Å². The molecule has 0 unspecified atom stereocenters. The molecule has 0 atom stereocenters. The van der Waals surface area contributed by atoms with Crippen LogP contribution < -0.4 is 20.7 Å². The highest BCUT2D eigenvalue weighted by Crippen LogP contribution is 2.19. The van der Waals surface area contributed by atoms with Gasteiger partial charge in [0.2, 0.25) is 11.8 Å². The van der Waals surface area contributed by atoms with Gasteiger partial charge in [0.25, 0.3) is 0 Å². The molecule has 0 radical (unpaired) electrons. The van der Waals surface area contributed by atoms with Gasteiger partial charge >= 0.3 is 6.03 Å². The third kappa shape index (κ3) is 7.21. The van der Waals surface area contributed by atoms with Gasteiger partial charge in [-0.3, -0.25) is 14.5 Å². The number of ether oxygens (including phenoxy) is 1. The molecule has 1 aliphatic rings. The zero-order valence-electron chi connectivity index (χ0n) is 20.0. The zero-order valence-corrected chi connectivity index (χ0v) is 20.0. The van der Waals surface area contributed by atoms with E-state index in [1.54, 1.807) is 36.3 Å². The molecule has 0 saturated carbocycles. The molecule has 0 spiro atoms. The molecule has 2 aromatic carbocycles. The van der Waals surface area contributed by atoms with E-state index in [9.17, 15) is 14.4 Å². The number of nitrogens with zero attached hydrogens (tertiary/aromatic N) is 2. The van der Waals surface area contributed by atoms with Crippen molar-refractivity contribution in [2.45, 2.75) is 20.3 Å². The number of hydrogen-bond donors (Lipinski definition) is 3. The molecule has 1 saturated heterocycles. The molecule has 1 aliphatic heterocycles. The maximum atomic E-state index is 12.5. The number of piperazine rings is 1. The lowest BCUT2D eigenvalue weighted by Crippen LogP contribution is -2.50. The van der Waals surface area contributed by atoms with Crippen LogP contribution in [0.15, 0.2) is 42.5 Å². The molecule has 3 rings (SSSR count). The van der Waals surface area contributed by atoms with Gasteiger partial charge < -0.3 is 25.6 Å². The minimum atomic E-state index is -0.363. The van der Waals surface area contributed by atoms with Gasteiger partial charge in [-0.1, -0.05) is 18.2 Å². The number of para-hydroxylation sites is 1. The predicted molar refractivity (Wildman–Crippen MR) is 132 cm³/mol. The first-order valence-electron chi connectivity index (χ1n) is 11.4. The number of carbonyl (C=O) groups excluding carboxylic acids is 3. The predicted octanol–water partition coefficient (Wildman–Crippen LogP) is 2.61. The van der Waals surface area contributed by atoms with Crippen LogP contribution in [0.4, 0.5) is 16.2 Å². The number of rotatable bonds is 8. The van der Waals surface area contributed by atoms with Crippen LogP contribution in [-0.4, -0.2) is 74.0 Å². The summed E-state index contributed by atoms with van der Waals surface area (Å²) in [5.41, 5.74) is 3.58. The Labute approximate surface area is 200 Å². The number of amides is 4. The van der Waals surface area contributed by atoms with Crippen LogP contribution >= 0.6 is 0 Å². The molecule has 182 valence electrons. The Morgan fingerprint density at radius 1 is 0.912 bits per heavy atom. The molecule has 9 heteroatoms. The molecule has 1 fully saturated rings. The van der Waals surface area contributed by atoms with Gasteiger partial charge in [0, 0.05) is 50.5 Å². The van der Waals surface area contributed by atoms with E-state index >= 15 is 0 Å². The molecule has 34 heavy (non-hydrogen) atoms. The number of methoxy groups -OCH3 is 1. The molecule has 0 aromatic heterocycles. The SMILES string of the molecule is COc1ccc(NC(=O)NCCC(=O)N2CCN(CC(=O)Nc3c(C)cccc3C)CC2)cc1. The zero-order chi connectivity index (χ0) is 24.5. The molecule has 0 aliphatic carbocycles. The first-order chi connectivity index (χ1) is 16.4. The topological polar surface area (TPSA) is 103 Å². The van der Waals surface area contributed by atoms with Crippen LogP contribution in [0.25, 0.3) is 0 Å². The summed E-state index contributed by atoms with van der Waals surface area (Å²) >= 11 is 0. The lowest BCUT2D eigenvalue weighted by atomic mass is 10.1. The van der Waals surface area contributed by atoms with E-state index in [4.69, 9.17) is 4.74 Å². The van der Waals surface area contributed by atoms with Crippen molar-refractivity contribution in [2.24, 2.45) is 0 Å². The first-order valence-corrected chi connectivity index (χ1v) is 11.4. The highest BCUT2D eigenvalue weighted by molar-refractivity contribution is 5.93. The van der Waals surface area contributed by atoms with Gasteiger partial charge in [0.1, 0.15) is 5.75 Å². The van der Waals surface area contributed by atoms with E-state index < -0.39 is 0 Å². The highest BCUT2D eigenvalue weighted by Gasteiger charge is 2.22. The summed E-state index contributed by atoms with van der Waals surface area (Å²) in [4.78, 5) is 40.8. The maximum Gasteiger partial charge on any atom is 0.319 e. The van der Waals surface area contributed by atoms with Crippen molar-refractivity contribution in [3.63, 3.8) is 0 Å². The number of benzene rings is 2. The second-order valence-corrected chi connectivity index (χ2v) is 8.33. The Bertz CT molecular complexity index is 981. The van der Waals surface area contributed by atoms with E-state index in [2.05, 4.69) is 16.0 Å². The fourth-order valence-electron chi connectivity index (χ4n) is 3.84. The molecule has 4 amide bonds. The van der Waals surface area contributed by atoms with Crippen molar-refractivity contribution in [3.05, 3.63) is 53.6 Å². The van der Waals surface area contributed by atoms with Crippen molar-refractivity contribution in [3.8, 4) is 5.75 Å². The largest absolute Gasteiger partial charge is 0.497 e. The Morgan fingerprint density at radius 3 is 2.18 bits per heavy atom. The number of anilines is 2. The van der Waals surface area contributed by atoms with Gasteiger partial charge in [-0.05, 0) is 49.2 Å². The molecule has 2 aromatic rings. The standard InChI is InChI=1S/C25H33N5O4/c1-18-5-4-6-19(2)24(18)28-22(31)17-29-13-15-30(16-14-29)23(32)11-12-26-25(33)27-20-7-9-21(34-3)10-8-20/h4-10H,11-17H2,1-3H3,(H,28,31)(H2,26,27,33). The Morgan fingerprint density at radius 2 is 1.56 bits per heavy atom. The molecule has 9 nitrogen and oxygen atoms in total. The average Bonchev–Trinajstić information content (AvgIpc) is 2.82. The average molecular weight is 468 g/mol. The summed E-state index contributed by atoms with van der Waals surface area (Å²) in [5.74, 6) is 0.646. The van der Waals surface area contributed by atoms with E-state index in [0.717, 1.165) is 16.8 Å². The Hall–Kier alpha value is -3.59. The number of carbonyl (C=O) groups is 3. The summed E-state index contributed by atoms with van der Waals surface area (Å²) in [6.07, 6.45) is 0.225. The lowest BCUT2D eigenvalue weighted by molar-refractivity contribution is -0.132. The molecule has 0 bridgehead atoms. The van der Waals surface area contributed by atoms with E-state index in [1.165, 1.54) is 0 Å². The van der Waals surface area contributed by atoms with Crippen LogP contribution in [0.3, 0.4) is 0 Å². The fraction of sp³-hybridized carbons (Fsp3) is 0.400. The number of nitrogens with one attached hydrogen (secondary N) is 3. The minimum Gasteiger partial charge on any atom is -0.497 e. The molecule has 3 N–H and O–H groups in total. The van der Waals surface area contributed by atoms with Gasteiger partial charge in [-0.2, -0.15) is 0 Å². The summed E-state index contributed by atoms with van der Waals surface area (Å²) in [6.45, 7) is 6.90. The third-order valence-electron chi connectivity index (χ3n) is 5.81. The summed E-state index contributed by atoms with van der Waals surface area (Å²) < 4.78 is 5.09. The minimum absolute atomic E-state index is 0.00983. The van der Waals surface area contributed by atoms with Crippen LogP contribution in [0.5, 0.6) is 5.75 Å². The monoisotopic (exact) mass is 467 g/mol. The molecular formula is C25H33N5O4. The normalized spacial score (nSPS) is 13.8. The summed E-state index contributed by atoms with van der Waals surface area (Å²) in [5, 5.41) is 8.43. The lowest BCUT2D eigenvalue weighted by Gasteiger charge is -2.34. The van der Waals surface area contributed by atoms with Gasteiger partial charge in [-0.15, -0.1) is 0 Å².